The van der Waals surface area contributed by atoms with Crippen LogP contribution in [0, 0.1) is 0 Å². The molecular weight excluding hydrogens is 350 g/mol. The molecule has 4 nitrogen and oxygen atoms in total. The Balaban J connectivity index is 1.88. The quantitative estimate of drug-likeness (QED) is 0.429. The number of carbonyl (C=O) groups excluding carboxylic acids is 2. The summed E-state index contributed by atoms with van der Waals surface area (Å²) in [5, 5.41) is 15.4. The maximum absolute atomic E-state index is 13.4. The Morgan fingerprint density at radius 3 is 1.82 bits per heavy atom. The van der Waals surface area contributed by atoms with Crippen molar-refractivity contribution in [1.82, 2.24) is 0 Å². The molecule has 0 unspecified atom stereocenters. The van der Waals surface area contributed by atoms with E-state index in [0.29, 0.717) is 27.6 Å². The number of phenols is 1. The molecule has 0 bridgehead atoms. The molecule has 0 heterocycles. The average Bonchev–Trinajstić information content (AvgIpc) is 2.75. The zero-order chi connectivity index (χ0) is 19.3. The first kappa shape index (κ1) is 16.3. The zero-order valence-corrected chi connectivity index (χ0v) is 14.8. The summed E-state index contributed by atoms with van der Waals surface area (Å²) in [5.74, 6) is -0.772. The molecule has 0 fully saturated rings. The normalized spacial score (nSPS) is 12.6. The minimum Gasteiger partial charge on any atom is -0.506 e. The SMILES string of the molecule is O=C1c2ccccc2C(=O)c2c1c(O)c1ccccc1c2Nc1ccccc1. The van der Waals surface area contributed by atoms with Gasteiger partial charge in [0.1, 0.15) is 5.75 Å². The van der Waals surface area contributed by atoms with Crippen LogP contribution in [0.1, 0.15) is 31.8 Å². The highest BCUT2D eigenvalue weighted by Gasteiger charge is 2.35. The van der Waals surface area contributed by atoms with Gasteiger partial charge in [-0.25, -0.2) is 0 Å². The van der Waals surface area contributed by atoms with E-state index in [1.54, 1.807) is 36.4 Å². The molecule has 4 heteroatoms. The second kappa shape index (κ2) is 6.06. The second-order valence-electron chi connectivity index (χ2n) is 6.71. The summed E-state index contributed by atoms with van der Waals surface area (Å²) < 4.78 is 0. The van der Waals surface area contributed by atoms with Gasteiger partial charge in [0.2, 0.25) is 0 Å². The molecule has 0 atom stereocenters. The van der Waals surface area contributed by atoms with E-state index in [-0.39, 0.29) is 28.4 Å². The topological polar surface area (TPSA) is 66.4 Å². The van der Waals surface area contributed by atoms with Gasteiger partial charge in [-0.15, -0.1) is 0 Å². The van der Waals surface area contributed by atoms with Gasteiger partial charge in [-0.3, -0.25) is 9.59 Å². The van der Waals surface area contributed by atoms with Gasteiger partial charge >= 0.3 is 0 Å². The minimum atomic E-state index is -0.343. The van der Waals surface area contributed by atoms with E-state index in [2.05, 4.69) is 5.32 Å². The fourth-order valence-electron chi connectivity index (χ4n) is 3.81. The van der Waals surface area contributed by atoms with Crippen LogP contribution in [0.2, 0.25) is 0 Å². The lowest BCUT2D eigenvalue weighted by molar-refractivity contribution is 0.0977. The van der Waals surface area contributed by atoms with Crippen LogP contribution in [0.15, 0.2) is 78.9 Å². The number of phenolic OH excluding ortho intramolecular Hbond substituents is 1. The predicted molar refractivity (Wildman–Crippen MR) is 109 cm³/mol. The molecule has 4 aromatic rings. The Labute approximate surface area is 161 Å². The standard InChI is InChI=1S/C24H15NO3/c26-22-17-12-6-7-13-18(17)24(28)20-19(22)21(25-14-8-2-1-3-9-14)15-10-4-5-11-16(15)23(20)27/h1-13,25,27H. The molecule has 0 amide bonds. The molecule has 134 valence electrons. The van der Waals surface area contributed by atoms with Crippen LogP contribution in [0.3, 0.4) is 0 Å². The fraction of sp³-hybridized carbons (Fsp3) is 0. The Morgan fingerprint density at radius 1 is 0.607 bits per heavy atom. The van der Waals surface area contributed by atoms with Crippen LogP contribution in [-0.2, 0) is 0 Å². The molecule has 0 radical (unpaired) electrons. The van der Waals surface area contributed by atoms with Crippen molar-refractivity contribution < 1.29 is 14.7 Å². The van der Waals surface area contributed by atoms with Gasteiger partial charge < -0.3 is 10.4 Å². The number of anilines is 2. The van der Waals surface area contributed by atoms with Gasteiger partial charge in [-0.05, 0) is 12.1 Å². The van der Waals surface area contributed by atoms with Gasteiger partial charge in [0.15, 0.2) is 11.6 Å². The van der Waals surface area contributed by atoms with Crippen molar-refractivity contribution in [2.24, 2.45) is 0 Å². The molecule has 5 rings (SSSR count). The number of hydrogen-bond donors (Lipinski definition) is 2. The van der Waals surface area contributed by atoms with E-state index in [9.17, 15) is 14.7 Å². The third kappa shape index (κ3) is 2.25. The Bertz CT molecular complexity index is 1280. The highest BCUT2D eigenvalue weighted by molar-refractivity contribution is 6.34. The number of fused-ring (bicyclic) bond motifs is 3. The molecule has 4 aromatic carbocycles. The summed E-state index contributed by atoms with van der Waals surface area (Å²) in [5.41, 5.74) is 2.26. The molecule has 0 aliphatic heterocycles. The van der Waals surface area contributed by atoms with Crippen LogP contribution in [0.5, 0.6) is 5.75 Å². The third-order valence-corrected chi connectivity index (χ3v) is 5.10. The number of rotatable bonds is 2. The van der Waals surface area contributed by atoms with Crippen molar-refractivity contribution in [3.63, 3.8) is 0 Å². The lowest BCUT2D eigenvalue weighted by atomic mass is 9.81. The summed E-state index contributed by atoms with van der Waals surface area (Å²) in [6, 6.07) is 23.4. The zero-order valence-electron chi connectivity index (χ0n) is 14.8. The van der Waals surface area contributed by atoms with Crippen LogP contribution in [-0.4, -0.2) is 16.7 Å². The molecule has 1 aliphatic carbocycles. The van der Waals surface area contributed by atoms with E-state index in [0.717, 1.165) is 5.69 Å². The number of benzene rings is 4. The molecule has 0 aromatic heterocycles. The highest BCUT2D eigenvalue weighted by Crippen LogP contribution is 2.44. The summed E-state index contributed by atoms with van der Waals surface area (Å²) in [7, 11) is 0. The highest BCUT2D eigenvalue weighted by atomic mass is 16.3. The number of carbonyl (C=O) groups is 2. The smallest absolute Gasteiger partial charge is 0.198 e. The second-order valence-corrected chi connectivity index (χ2v) is 6.71. The Morgan fingerprint density at radius 2 is 1.14 bits per heavy atom. The molecule has 0 spiro atoms. The van der Waals surface area contributed by atoms with Gasteiger partial charge in [-0.2, -0.15) is 0 Å². The van der Waals surface area contributed by atoms with Gasteiger partial charge in [0.25, 0.3) is 0 Å². The number of nitrogens with one attached hydrogen (secondary N) is 1. The summed E-state index contributed by atoms with van der Waals surface area (Å²) in [4.78, 5) is 26.5. The van der Waals surface area contributed by atoms with Crippen molar-refractivity contribution >= 4 is 33.7 Å². The molecule has 0 saturated carbocycles. The van der Waals surface area contributed by atoms with Crippen LogP contribution >= 0.6 is 0 Å². The number of para-hydroxylation sites is 1. The monoisotopic (exact) mass is 365 g/mol. The first-order valence-corrected chi connectivity index (χ1v) is 8.95. The maximum Gasteiger partial charge on any atom is 0.198 e. The molecule has 1 aliphatic rings. The van der Waals surface area contributed by atoms with E-state index in [1.807, 2.05) is 42.5 Å². The first-order chi connectivity index (χ1) is 13.7. The summed E-state index contributed by atoms with van der Waals surface area (Å²) in [6.45, 7) is 0. The average molecular weight is 365 g/mol. The number of hydrogen-bond acceptors (Lipinski definition) is 4. The maximum atomic E-state index is 13.4. The third-order valence-electron chi connectivity index (χ3n) is 5.10. The summed E-state index contributed by atoms with van der Waals surface area (Å²) >= 11 is 0. The molecule has 2 N–H and O–H groups in total. The van der Waals surface area contributed by atoms with E-state index >= 15 is 0 Å². The van der Waals surface area contributed by atoms with Crippen molar-refractivity contribution in [2.75, 3.05) is 5.32 Å². The largest absolute Gasteiger partial charge is 0.506 e. The Kier molecular flexibility index (Phi) is 3.52. The molecule has 0 saturated heterocycles. The Hall–Kier alpha value is -3.92. The number of aromatic hydroxyl groups is 1. The minimum absolute atomic E-state index is 0.0563. The van der Waals surface area contributed by atoms with Crippen LogP contribution < -0.4 is 5.32 Å². The van der Waals surface area contributed by atoms with E-state index in [4.69, 9.17) is 0 Å². The van der Waals surface area contributed by atoms with Crippen molar-refractivity contribution in [2.45, 2.75) is 0 Å². The lowest BCUT2D eigenvalue weighted by Gasteiger charge is -2.24. The van der Waals surface area contributed by atoms with Crippen molar-refractivity contribution in [1.29, 1.82) is 0 Å². The van der Waals surface area contributed by atoms with Crippen molar-refractivity contribution in [3.8, 4) is 5.75 Å². The predicted octanol–water partition coefficient (Wildman–Crippen LogP) is 5.06. The van der Waals surface area contributed by atoms with Gasteiger partial charge in [-0.1, -0.05) is 66.7 Å². The van der Waals surface area contributed by atoms with E-state index in [1.165, 1.54) is 0 Å². The van der Waals surface area contributed by atoms with Crippen LogP contribution in [0.25, 0.3) is 10.8 Å². The fourth-order valence-corrected chi connectivity index (χ4v) is 3.81. The summed E-state index contributed by atoms with van der Waals surface area (Å²) in [6.07, 6.45) is 0. The van der Waals surface area contributed by atoms with Gasteiger partial charge in [0.05, 0.1) is 16.8 Å². The van der Waals surface area contributed by atoms with Gasteiger partial charge in [0, 0.05) is 27.6 Å². The lowest BCUT2D eigenvalue weighted by Crippen LogP contribution is -2.22. The first-order valence-electron chi connectivity index (χ1n) is 8.95. The molecule has 28 heavy (non-hydrogen) atoms. The van der Waals surface area contributed by atoms with Crippen LogP contribution in [0.4, 0.5) is 11.4 Å². The van der Waals surface area contributed by atoms with E-state index < -0.39 is 0 Å². The van der Waals surface area contributed by atoms with Crippen molar-refractivity contribution in [3.05, 3.63) is 101 Å². The molecular formula is C24H15NO3. The number of ketones is 2.